The van der Waals surface area contributed by atoms with Gasteiger partial charge in [-0.05, 0) is 39.2 Å². The molecule has 0 radical (unpaired) electrons. The Morgan fingerprint density at radius 3 is 2.69 bits per heavy atom. The number of nitrogens with one attached hydrogen (secondary N) is 1. The van der Waals surface area contributed by atoms with E-state index >= 15 is 0 Å². The lowest BCUT2D eigenvalue weighted by molar-refractivity contribution is -0.125. The third-order valence-corrected chi connectivity index (χ3v) is 5.86. The van der Waals surface area contributed by atoms with Crippen molar-refractivity contribution in [3.05, 3.63) is 16.8 Å². The van der Waals surface area contributed by atoms with Crippen LogP contribution in [-0.4, -0.2) is 48.1 Å². The number of fused-ring (bicyclic) bond motifs is 1. The van der Waals surface area contributed by atoms with E-state index in [1.807, 2.05) is 13.8 Å². The van der Waals surface area contributed by atoms with Crippen LogP contribution in [0.15, 0.2) is 6.33 Å². The van der Waals surface area contributed by atoms with Crippen LogP contribution in [0, 0.1) is 12.8 Å². The number of nitrogens with zero attached hydrogens (tertiary/aromatic N) is 3. The monoisotopic (exact) mass is 376 g/mol. The van der Waals surface area contributed by atoms with Gasteiger partial charge in [-0.15, -0.1) is 11.3 Å². The number of esters is 1. The molecule has 0 aromatic carbocycles. The van der Waals surface area contributed by atoms with Crippen molar-refractivity contribution in [2.75, 3.05) is 31.1 Å². The smallest absolute Gasteiger partial charge is 0.348 e. The van der Waals surface area contributed by atoms with Crippen molar-refractivity contribution < 1.29 is 14.3 Å². The average Bonchev–Trinajstić information content (AvgIpc) is 2.99. The predicted molar refractivity (Wildman–Crippen MR) is 102 cm³/mol. The van der Waals surface area contributed by atoms with Gasteiger partial charge in [0.15, 0.2) is 0 Å². The number of hydrogen-bond acceptors (Lipinski definition) is 7. The summed E-state index contributed by atoms with van der Waals surface area (Å²) >= 11 is 1.35. The number of amides is 1. The molecule has 1 saturated heterocycles. The molecule has 0 spiro atoms. The number of aryl methyl sites for hydroxylation is 1. The van der Waals surface area contributed by atoms with Gasteiger partial charge in [-0.2, -0.15) is 0 Å². The Hall–Kier alpha value is -2.22. The number of hydrogen-bond donors (Lipinski definition) is 1. The van der Waals surface area contributed by atoms with Gasteiger partial charge in [-0.1, -0.05) is 0 Å². The van der Waals surface area contributed by atoms with E-state index in [0.717, 1.165) is 47.5 Å². The minimum Gasteiger partial charge on any atom is -0.462 e. The van der Waals surface area contributed by atoms with Crippen LogP contribution < -0.4 is 10.2 Å². The third-order valence-electron chi connectivity index (χ3n) is 4.68. The molecule has 0 saturated carbocycles. The van der Waals surface area contributed by atoms with Crippen LogP contribution in [0.1, 0.15) is 41.9 Å². The van der Waals surface area contributed by atoms with Gasteiger partial charge in [-0.3, -0.25) is 4.79 Å². The number of aromatic nitrogens is 2. The molecule has 7 nitrogen and oxygen atoms in total. The second-order valence-electron chi connectivity index (χ2n) is 6.31. The maximum atomic E-state index is 12.2. The van der Waals surface area contributed by atoms with Crippen LogP contribution in [0.25, 0.3) is 10.2 Å². The standard InChI is InChI=1S/C18H24N4O3S/c1-4-19-16(23)12-6-8-22(9-7-12)15-13-11(3)14(18(24)25-5-2)26-17(13)21-10-20-15/h10,12H,4-9H2,1-3H3,(H,19,23). The van der Waals surface area contributed by atoms with Crippen molar-refractivity contribution >= 4 is 39.2 Å². The molecule has 1 fully saturated rings. The summed E-state index contributed by atoms with van der Waals surface area (Å²) in [5.74, 6) is 0.723. The molecule has 2 aromatic heterocycles. The molecular formula is C18H24N4O3S. The summed E-state index contributed by atoms with van der Waals surface area (Å²) in [4.78, 5) is 36.6. The third kappa shape index (κ3) is 3.51. The number of rotatable bonds is 5. The van der Waals surface area contributed by atoms with Gasteiger partial charge >= 0.3 is 5.97 Å². The molecule has 3 rings (SSSR count). The summed E-state index contributed by atoms with van der Waals surface area (Å²) < 4.78 is 5.15. The van der Waals surface area contributed by atoms with Gasteiger partial charge < -0.3 is 15.0 Å². The Balaban J connectivity index is 1.85. The van der Waals surface area contributed by atoms with Gasteiger partial charge in [0.25, 0.3) is 0 Å². The van der Waals surface area contributed by atoms with Crippen LogP contribution in [0.2, 0.25) is 0 Å². The largest absolute Gasteiger partial charge is 0.462 e. The van der Waals surface area contributed by atoms with Gasteiger partial charge in [0.1, 0.15) is 21.9 Å². The molecule has 1 aliphatic rings. The minimum absolute atomic E-state index is 0.0576. The first-order chi connectivity index (χ1) is 12.6. The van der Waals surface area contributed by atoms with E-state index in [1.165, 1.54) is 11.3 Å². The second kappa shape index (κ2) is 7.99. The number of carbonyl (C=O) groups excluding carboxylic acids is 2. The number of carbonyl (C=O) groups is 2. The molecule has 0 unspecified atom stereocenters. The van der Waals surface area contributed by atoms with E-state index in [2.05, 4.69) is 20.2 Å². The van der Waals surface area contributed by atoms with Crippen molar-refractivity contribution in [3.63, 3.8) is 0 Å². The van der Waals surface area contributed by atoms with Crippen molar-refractivity contribution in [3.8, 4) is 0 Å². The highest BCUT2D eigenvalue weighted by Crippen LogP contribution is 2.36. The first kappa shape index (κ1) is 18.6. The zero-order valence-electron chi connectivity index (χ0n) is 15.4. The lowest BCUT2D eigenvalue weighted by Gasteiger charge is -2.32. The van der Waals surface area contributed by atoms with Crippen LogP contribution >= 0.6 is 11.3 Å². The minimum atomic E-state index is -0.311. The van der Waals surface area contributed by atoms with Crippen molar-refractivity contribution in [1.82, 2.24) is 15.3 Å². The molecule has 26 heavy (non-hydrogen) atoms. The summed E-state index contributed by atoms with van der Waals surface area (Å²) in [6, 6.07) is 0. The summed E-state index contributed by atoms with van der Waals surface area (Å²) in [5, 5.41) is 3.82. The van der Waals surface area contributed by atoms with Crippen molar-refractivity contribution in [1.29, 1.82) is 0 Å². The Morgan fingerprint density at radius 2 is 2.04 bits per heavy atom. The maximum Gasteiger partial charge on any atom is 0.348 e. The zero-order chi connectivity index (χ0) is 18.7. The van der Waals surface area contributed by atoms with E-state index in [1.54, 1.807) is 13.3 Å². The molecular weight excluding hydrogens is 352 g/mol. The van der Waals surface area contributed by atoms with Crippen LogP contribution in [0.4, 0.5) is 5.82 Å². The maximum absolute atomic E-state index is 12.2. The molecule has 8 heteroatoms. The van der Waals surface area contributed by atoms with Crippen molar-refractivity contribution in [2.24, 2.45) is 5.92 Å². The van der Waals surface area contributed by atoms with E-state index < -0.39 is 0 Å². The summed E-state index contributed by atoms with van der Waals surface area (Å²) in [5.41, 5.74) is 0.866. The Kier molecular flexibility index (Phi) is 5.70. The molecule has 0 aliphatic carbocycles. The van der Waals surface area contributed by atoms with Crippen LogP contribution in [0.3, 0.4) is 0 Å². The first-order valence-electron chi connectivity index (χ1n) is 9.00. The van der Waals surface area contributed by atoms with Gasteiger partial charge in [-0.25, -0.2) is 14.8 Å². The van der Waals surface area contributed by atoms with E-state index in [-0.39, 0.29) is 17.8 Å². The molecule has 1 amide bonds. The molecule has 140 valence electrons. The fourth-order valence-corrected chi connectivity index (χ4v) is 4.39. The lowest BCUT2D eigenvalue weighted by atomic mass is 9.95. The fourth-order valence-electron chi connectivity index (χ4n) is 3.36. The Labute approximate surface area is 156 Å². The summed E-state index contributed by atoms with van der Waals surface area (Å²) in [6.45, 7) is 8.18. The lowest BCUT2D eigenvalue weighted by Crippen LogP contribution is -2.40. The quantitative estimate of drug-likeness (QED) is 0.807. The summed E-state index contributed by atoms with van der Waals surface area (Å²) in [7, 11) is 0. The van der Waals surface area contributed by atoms with E-state index in [4.69, 9.17) is 4.74 Å². The average molecular weight is 376 g/mol. The highest BCUT2D eigenvalue weighted by atomic mass is 32.1. The molecule has 0 bridgehead atoms. The van der Waals surface area contributed by atoms with Crippen LogP contribution in [-0.2, 0) is 9.53 Å². The highest BCUT2D eigenvalue weighted by Gasteiger charge is 2.28. The fraction of sp³-hybridized carbons (Fsp3) is 0.556. The summed E-state index contributed by atoms with van der Waals surface area (Å²) in [6.07, 6.45) is 3.13. The van der Waals surface area contributed by atoms with E-state index in [9.17, 15) is 9.59 Å². The highest BCUT2D eigenvalue weighted by molar-refractivity contribution is 7.20. The molecule has 0 atom stereocenters. The normalized spacial score (nSPS) is 15.3. The first-order valence-corrected chi connectivity index (χ1v) is 9.82. The zero-order valence-corrected chi connectivity index (χ0v) is 16.2. The number of piperidine rings is 1. The number of anilines is 1. The number of ether oxygens (including phenoxy) is 1. The molecule has 1 aliphatic heterocycles. The molecule has 1 N–H and O–H groups in total. The molecule has 2 aromatic rings. The van der Waals surface area contributed by atoms with Gasteiger partial charge in [0.2, 0.25) is 5.91 Å². The van der Waals surface area contributed by atoms with Gasteiger partial charge in [0, 0.05) is 25.6 Å². The Bertz CT molecular complexity index is 812. The van der Waals surface area contributed by atoms with Crippen LogP contribution in [0.5, 0.6) is 0 Å². The Morgan fingerprint density at radius 1 is 1.31 bits per heavy atom. The second-order valence-corrected chi connectivity index (χ2v) is 7.31. The van der Waals surface area contributed by atoms with Crippen molar-refractivity contribution in [2.45, 2.75) is 33.6 Å². The molecule has 3 heterocycles. The van der Waals surface area contributed by atoms with Gasteiger partial charge in [0.05, 0.1) is 12.0 Å². The topological polar surface area (TPSA) is 84.4 Å². The van der Waals surface area contributed by atoms with E-state index in [0.29, 0.717) is 18.0 Å². The SMILES string of the molecule is CCNC(=O)C1CCN(c2ncnc3sc(C(=O)OCC)c(C)c23)CC1. The number of thiophene rings is 1. The predicted octanol–water partition coefficient (Wildman–Crippen LogP) is 2.53.